The molecule has 0 spiro atoms. The van der Waals surface area contributed by atoms with Gasteiger partial charge in [-0.1, -0.05) is 37.4 Å². The number of rotatable bonds is 8. The molecule has 0 aliphatic carbocycles. The topological polar surface area (TPSA) is 61.8 Å². The third kappa shape index (κ3) is 6.51. The maximum atomic E-state index is 14.9. The minimum atomic E-state index is -0.620. The molecule has 3 aromatic carbocycles. The van der Waals surface area contributed by atoms with Gasteiger partial charge in [0, 0.05) is 28.3 Å². The molecule has 0 saturated heterocycles. The first kappa shape index (κ1) is 25.1. The minimum absolute atomic E-state index is 0.165. The van der Waals surface area contributed by atoms with E-state index in [4.69, 9.17) is 14.2 Å². The number of benzene rings is 3. The highest BCUT2D eigenvalue weighted by Gasteiger charge is 2.12. The summed E-state index contributed by atoms with van der Waals surface area (Å²) in [4.78, 5) is 22.9. The molecule has 5 nitrogen and oxygen atoms in total. The monoisotopic (exact) mass is 476 g/mol. The van der Waals surface area contributed by atoms with E-state index >= 15 is 0 Å². The predicted molar refractivity (Wildman–Crippen MR) is 128 cm³/mol. The minimum Gasteiger partial charge on any atom is -0.462 e. The zero-order chi connectivity index (χ0) is 25.5. The van der Waals surface area contributed by atoms with Crippen LogP contribution in [0.3, 0.4) is 0 Å². The summed E-state index contributed by atoms with van der Waals surface area (Å²) in [5, 5.41) is 0. The van der Waals surface area contributed by atoms with Crippen molar-refractivity contribution in [1.82, 2.24) is 0 Å². The average Bonchev–Trinajstić information content (AvgIpc) is 2.82. The van der Waals surface area contributed by atoms with E-state index in [9.17, 15) is 18.4 Å². The van der Waals surface area contributed by atoms with Crippen LogP contribution in [0.2, 0.25) is 0 Å². The maximum Gasteiger partial charge on any atom is 0.338 e. The Morgan fingerprint density at radius 3 is 1.86 bits per heavy atom. The molecule has 0 saturated carbocycles. The number of carbonyl (C=O) groups excluding carboxylic acids is 2. The van der Waals surface area contributed by atoms with Gasteiger partial charge in [-0.15, -0.1) is 0 Å². The second-order valence-electron chi connectivity index (χ2n) is 7.61. The van der Waals surface area contributed by atoms with Crippen molar-refractivity contribution in [2.24, 2.45) is 0 Å². The molecule has 0 aliphatic rings. The molecular formula is C28H22F2O5. The predicted octanol–water partition coefficient (Wildman–Crippen LogP) is 6.75. The molecule has 0 bridgehead atoms. The summed E-state index contributed by atoms with van der Waals surface area (Å²) in [5.74, 6) is -1.85. The molecule has 178 valence electrons. The molecule has 0 aliphatic heterocycles. The highest BCUT2D eigenvalue weighted by molar-refractivity contribution is 5.89. The molecule has 0 unspecified atom stereocenters. The van der Waals surface area contributed by atoms with Gasteiger partial charge in [-0.25, -0.2) is 18.4 Å². The Bertz CT molecular complexity index is 1320. The van der Waals surface area contributed by atoms with Crippen molar-refractivity contribution < 1.29 is 32.6 Å². The van der Waals surface area contributed by atoms with Gasteiger partial charge in [0.05, 0.1) is 0 Å². The number of carbonyl (C=O) groups is 2. The van der Waals surface area contributed by atoms with Crippen LogP contribution < -0.4 is 9.47 Å². The maximum absolute atomic E-state index is 14.9. The van der Waals surface area contributed by atoms with Crippen LogP contribution in [0.25, 0.3) is 22.3 Å². The fourth-order valence-corrected chi connectivity index (χ4v) is 2.91. The standard InChI is InChI=1S/C28H22F2O5/c1-17(2)27(31)34-14-13-33-22-10-12-24(26(30)16-22)20-7-11-23(25(29)15-20)19-5-8-21(9-6-19)35-28(32)18(3)4/h5-16H,1,3H2,2,4H3/b14-13-. The molecule has 0 radical (unpaired) electrons. The van der Waals surface area contributed by atoms with E-state index in [2.05, 4.69) is 13.2 Å². The van der Waals surface area contributed by atoms with Gasteiger partial charge < -0.3 is 14.2 Å². The average molecular weight is 476 g/mol. The fourth-order valence-electron chi connectivity index (χ4n) is 2.91. The molecule has 0 fully saturated rings. The number of ether oxygens (including phenoxy) is 3. The summed E-state index contributed by atoms with van der Waals surface area (Å²) < 4.78 is 44.6. The molecule has 0 atom stereocenters. The van der Waals surface area contributed by atoms with Crippen molar-refractivity contribution >= 4 is 11.9 Å². The quantitative estimate of drug-likeness (QED) is 0.156. The van der Waals surface area contributed by atoms with Crippen molar-refractivity contribution in [3.8, 4) is 33.8 Å². The van der Waals surface area contributed by atoms with Crippen LogP contribution in [0.5, 0.6) is 11.5 Å². The Kier molecular flexibility index (Phi) is 7.94. The first-order chi connectivity index (χ1) is 16.7. The lowest BCUT2D eigenvalue weighted by atomic mass is 9.99. The van der Waals surface area contributed by atoms with E-state index in [1.54, 1.807) is 43.3 Å². The smallest absolute Gasteiger partial charge is 0.338 e. The molecule has 0 aromatic heterocycles. The zero-order valence-corrected chi connectivity index (χ0v) is 19.1. The summed E-state index contributed by atoms with van der Waals surface area (Å²) >= 11 is 0. The van der Waals surface area contributed by atoms with Gasteiger partial charge in [0.2, 0.25) is 0 Å². The van der Waals surface area contributed by atoms with Crippen molar-refractivity contribution in [1.29, 1.82) is 0 Å². The molecule has 7 heteroatoms. The molecule has 3 aromatic rings. The van der Waals surface area contributed by atoms with Crippen molar-refractivity contribution in [2.45, 2.75) is 13.8 Å². The molecule has 3 rings (SSSR count). The zero-order valence-electron chi connectivity index (χ0n) is 19.1. The first-order valence-corrected chi connectivity index (χ1v) is 10.4. The second-order valence-corrected chi connectivity index (χ2v) is 7.61. The van der Waals surface area contributed by atoms with E-state index in [0.717, 1.165) is 18.6 Å². The number of halogens is 2. The van der Waals surface area contributed by atoms with Crippen LogP contribution in [0.15, 0.2) is 97.5 Å². The van der Waals surface area contributed by atoms with E-state index in [0.29, 0.717) is 22.4 Å². The van der Waals surface area contributed by atoms with Gasteiger partial charge in [0.15, 0.2) is 0 Å². The number of esters is 2. The third-order valence-corrected chi connectivity index (χ3v) is 4.73. The Hall–Kier alpha value is -4.52. The Morgan fingerprint density at radius 1 is 0.714 bits per heavy atom. The highest BCUT2D eigenvalue weighted by Crippen LogP contribution is 2.31. The Morgan fingerprint density at radius 2 is 1.26 bits per heavy atom. The Balaban J connectivity index is 1.72. The lowest BCUT2D eigenvalue weighted by molar-refractivity contribution is -0.133. The third-order valence-electron chi connectivity index (χ3n) is 4.73. The first-order valence-electron chi connectivity index (χ1n) is 10.4. The van der Waals surface area contributed by atoms with Gasteiger partial charge in [0.25, 0.3) is 0 Å². The van der Waals surface area contributed by atoms with Crippen molar-refractivity contribution in [2.75, 3.05) is 0 Å². The molecule has 0 N–H and O–H groups in total. The number of hydrogen-bond donors (Lipinski definition) is 0. The summed E-state index contributed by atoms with van der Waals surface area (Å²) in [5.41, 5.74) is 1.89. The number of hydrogen-bond acceptors (Lipinski definition) is 5. The van der Waals surface area contributed by atoms with Gasteiger partial charge >= 0.3 is 11.9 Å². The van der Waals surface area contributed by atoms with Gasteiger partial charge in [-0.05, 0) is 55.3 Å². The van der Waals surface area contributed by atoms with Gasteiger partial charge in [0.1, 0.15) is 35.7 Å². The van der Waals surface area contributed by atoms with Crippen LogP contribution in [0.4, 0.5) is 8.78 Å². The summed E-state index contributed by atoms with van der Waals surface area (Å²) in [6.45, 7) is 10.0. The SMILES string of the molecule is C=C(C)C(=O)O/C=C\Oc1ccc(-c2ccc(-c3ccc(OC(=O)C(=C)C)cc3)c(F)c2)c(F)c1. The lowest BCUT2D eigenvalue weighted by Gasteiger charge is -2.10. The largest absolute Gasteiger partial charge is 0.462 e. The van der Waals surface area contributed by atoms with Gasteiger partial charge in [-0.3, -0.25) is 0 Å². The molecule has 0 amide bonds. The van der Waals surface area contributed by atoms with Gasteiger partial charge in [-0.2, -0.15) is 0 Å². The van der Waals surface area contributed by atoms with Crippen LogP contribution in [-0.4, -0.2) is 11.9 Å². The molecule has 35 heavy (non-hydrogen) atoms. The summed E-state index contributed by atoms with van der Waals surface area (Å²) in [6.07, 6.45) is 2.11. The summed E-state index contributed by atoms with van der Waals surface area (Å²) in [6, 6.07) is 14.8. The van der Waals surface area contributed by atoms with Crippen molar-refractivity contribution in [3.05, 3.63) is 109 Å². The Labute approximate surface area is 201 Å². The lowest BCUT2D eigenvalue weighted by Crippen LogP contribution is -2.07. The highest BCUT2D eigenvalue weighted by atomic mass is 19.1. The fraction of sp³-hybridized carbons (Fsp3) is 0.0714. The van der Waals surface area contributed by atoms with E-state index < -0.39 is 23.6 Å². The second kappa shape index (κ2) is 11.1. The van der Waals surface area contributed by atoms with Crippen molar-refractivity contribution in [3.63, 3.8) is 0 Å². The summed E-state index contributed by atoms with van der Waals surface area (Å²) in [7, 11) is 0. The van der Waals surface area contributed by atoms with E-state index in [-0.39, 0.29) is 22.5 Å². The van der Waals surface area contributed by atoms with Crippen LogP contribution in [0.1, 0.15) is 13.8 Å². The molecule has 0 heterocycles. The van der Waals surface area contributed by atoms with Crippen LogP contribution >= 0.6 is 0 Å². The molecular weight excluding hydrogens is 454 g/mol. The van der Waals surface area contributed by atoms with E-state index in [1.165, 1.54) is 25.1 Å². The van der Waals surface area contributed by atoms with Crippen LogP contribution in [-0.2, 0) is 14.3 Å². The van der Waals surface area contributed by atoms with Crippen LogP contribution in [0, 0.1) is 11.6 Å². The normalized spacial score (nSPS) is 10.6. The van der Waals surface area contributed by atoms with E-state index in [1.807, 2.05) is 0 Å².